The van der Waals surface area contributed by atoms with Gasteiger partial charge in [-0.05, 0) is 12.2 Å². The predicted octanol–water partition coefficient (Wildman–Crippen LogP) is 1.94. The number of fused-ring (bicyclic) bond motifs is 1. The molecule has 3 nitrogen and oxygen atoms in total. The van der Waals surface area contributed by atoms with Gasteiger partial charge in [0.05, 0.1) is 11.6 Å². The lowest BCUT2D eigenvalue weighted by Crippen LogP contribution is -1.99. The maximum atomic E-state index is 11.0. The minimum atomic E-state index is -0.552. The number of hydrogen-bond acceptors (Lipinski definition) is 3. The van der Waals surface area contributed by atoms with Crippen LogP contribution in [0.15, 0.2) is 39.6 Å². The number of hydrogen-bond donors (Lipinski definition) is 1. The standard InChI is InChI=1S/C11H8O3/c12-9-7-11(13)14-10-6-4-2-1-3-5-8(9)10/h1-7,12H. The molecule has 0 aliphatic heterocycles. The molecule has 0 fully saturated rings. The van der Waals surface area contributed by atoms with Crippen LogP contribution in [0.5, 0.6) is 5.75 Å². The molecule has 0 atom stereocenters. The molecular formula is C11H8O3. The smallest absolute Gasteiger partial charge is 0.339 e. The van der Waals surface area contributed by atoms with Crippen LogP contribution in [0.3, 0.4) is 0 Å². The minimum Gasteiger partial charge on any atom is -0.507 e. The second-order valence-electron chi connectivity index (χ2n) is 2.83. The van der Waals surface area contributed by atoms with Crippen LogP contribution in [0.4, 0.5) is 0 Å². The summed E-state index contributed by atoms with van der Waals surface area (Å²) < 4.78 is 4.93. The van der Waals surface area contributed by atoms with Gasteiger partial charge in [0.2, 0.25) is 0 Å². The maximum Gasteiger partial charge on any atom is 0.339 e. The third kappa shape index (κ3) is 1.52. The van der Waals surface area contributed by atoms with Gasteiger partial charge in [-0.1, -0.05) is 24.3 Å². The largest absolute Gasteiger partial charge is 0.507 e. The lowest BCUT2D eigenvalue weighted by atomic mass is 10.1. The third-order valence-corrected chi connectivity index (χ3v) is 1.85. The molecule has 0 saturated carbocycles. The maximum absolute atomic E-state index is 11.0. The van der Waals surface area contributed by atoms with Crippen molar-refractivity contribution in [2.24, 2.45) is 0 Å². The third-order valence-electron chi connectivity index (χ3n) is 1.85. The Labute approximate surface area is 80.3 Å². The van der Waals surface area contributed by atoms with Gasteiger partial charge in [0.1, 0.15) is 11.5 Å². The zero-order valence-electron chi connectivity index (χ0n) is 7.31. The molecule has 3 heteroatoms. The fraction of sp³-hybridized carbons (Fsp3) is 0. The molecule has 0 bridgehead atoms. The monoisotopic (exact) mass is 188 g/mol. The molecule has 1 N–H and O–H groups in total. The molecule has 1 aromatic rings. The van der Waals surface area contributed by atoms with E-state index in [1.165, 1.54) is 0 Å². The van der Waals surface area contributed by atoms with Gasteiger partial charge >= 0.3 is 5.63 Å². The van der Waals surface area contributed by atoms with Crippen molar-refractivity contribution in [3.63, 3.8) is 0 Å². The topological polar surface area (TPSA) is 50.4 Å². The van der Waals surface area contributed by atoms with Gasteiger partial charge in [0.15, 0.2) is 0 Å². The molecule has 2 rings (SSSR count). The van der Waals surface area contributed by atoms with Gasteiger partial charge in [-0.15, -0.1) is 0 Å². The van der Waals surface area contributed by atoms with E-state index < -0.39 is 5.63 Å². The first-order valence-corrected chi connectivity index (χ1v) is 4.16. The van der Waals surface area contributed by atoms with Crippen LogP contribution in [0, 0.1) is 0 Å². The first kappa shape index (κ1) is 8.56. The molecule has 0 radical (unpaired) electrons. The quantitative estimate of drug-likeness (QED) is 0.676. The normalized spacial score (nSPS) is 13.4. The molecule has 70 valence electrons. The van der Waals surface area contributed by atoms with Crippen LogP contribution in [-0.2, 0) is 0 Å². The molecule has 1 aromatic heterocycles. The Morgan fingerprint density at radius 2 is 1.79 bits per heavy atom. The fourth-order valence-electron chi connectivity index (χ4n) is 1.22. The van der Waals surface area contributed by atoms with E-state index >= 15 is 0 Å². The summed E-state index contributed by atoms with van der Waals surface area (Å²) in [6.07, 6.45) is 10.5. The van der Waals surface area contributed by atoms with Crippen molar-refractivity contribution in [3.8, 4) is 5.75 Å². The Kier molecular flexibility index (Phi) is 2.07. The van der Waals surface area contributed by atoms with E-state index in [4.69, 9.17) is 4.42 Å². The number of aromatic hydroxyl groups is 1. The summed E-state index contributed by atoms with van der Waals surface area (Å²) in [5.74, 6) is 0.308. The predicted molar refractivity (Wildman–Crippen MR) is 53.9 cm³/mol. The van der Waals surface area contributed by atoms with Crippen LogP contribution >= 0.6 is 0 Å². The van der Waals surface area contributed by atoms with E-state index in [-0.39, 0.29) is 5.75 Å². The number of allylic oxidation sites excluding steroid dienone is 4. The molecular weight excluding hydrogens is 180 g/mol. The first-order valence-electron chi connectivity index (χ1n) is 4.16. The molecule has 1 heterocycles. The molecule has 0 spiro atoms. The second-order valence-corrected chi connectivity index (χ2v) is 2.83. The Bertz CT molecular complexity index is 490. The molecule has 0 saturated heterocycles. The van der Waals surface area contributed by atoms with Crippen molar-refractivity contribution >= 4 is 12.2 Å². The van der Waals surface area contributed by atoms with E-state index in [1.54, 1.807) is 24.3 Å². The van der Waals surface area contributed by atoms with Crippen molar-refractivity contribution in [1.82, 2.24) is 0 Å². The molecule has 0 amide bonds. The van der Waals surface area contributed by atoms with Crippen LogP contribution in [0.2, 0.25) is 0 Å². The zero-order chi connectivity index (χ0) is 9.97. The summed E-state index contributed by atoms with van der Waals surface area (Å²) >= 11 is 0. The summed E-state index contributed by atoms with van der Waals surface area (Å²) in [5, 5.41) is 9.48. The van der Waals surface area contributed by atoms with Gasteiger partial charge in [0.25, 0.3) is 0 Å². The molecule has 1 aliphatic carbocycles. The molecule has 0 aromatic carbocycles. The molecule has 0 unspecified atom stereocenters. The fourth-order valence-corrected chi connectivity index (χ4v) is 1.22. The van der Waals surface area contributed by atoms with Gasteiger partial charge in [-0.2, -0.15) is 0 Å². The van der Waals surface area contributed by atoms with E-state index in [2.05, 4.69) is 0 Å². The minimum absolute atomic E-state index is 0.0625. The van der Waals surface area contributed by atoms with Crippen LogP contribution in [-0.4, -0.2) is 5.11 Å². The first-order chi connectivity index (χ1) is 6.77. The number of rotatable bonds is 0. The van der Waals surface area contributed by atoms with Crippen molar-refractivity contribution in [3.05, 3.63) is 52.1 Å². The zero-order valence-corrected chi connectivity index (χ0v) is 7.31. The lowest BCUT2D eigenvalue weighted by molar-refractivity contribution is 0.442. The van der Waals surface area contributed by atoms with E-state index in [1.807, 2.05) is 12.2 Å². The van der Waals surface area contributed by atoms with Gasteiger partial charge in [-0.3, -0.25) is 0 Å². The van der Waals surface area contributed by atoms with Crippen LogP contribution in [0.25, 0.3) is 12.2 Å². The summed E-state index contributed by atoms with van der Waals surface area (Å²) in [7, 11) is 0. The van der Waals surface area contributed by atoms with Gasteiger partial charge in [-0.25, -0.2) is 4.79 Å². The summed E-state index contributed by atoms with van der Waals surface area (Å²) in [5.41, 5.74) is -0.0333. The average molecular weight is 188 g/mol. The second kappa shape index (κ2) is 3.38. The summed E-state index contributed by atoms with van der Waals surface area (Å²) in [4.78, 5) is 11.0. The Balaban J connectivity index is 2.71. The highest BCUT2D eigenvalue weighted by Gasteiger charge is 2.07. The summed E-state index contributed by atoms with van der Waals surface area (Å²) in [6.45, 7) is 0. The van der Waals surface area contributed by atoms with Crippen LogP contribution < -0.4 is 5.63 Å². The van der Waals surface area contributed by atoms with Crippen LogP contribution in [0.1, 0.15) is 11.3 Å². The van der Waals surface area contributed by atoms with E-state index in [0.717, 1.165) is 6.07 Å². The Morgan fingerprint density at radius 1 is 1.07 bits per heavy atom. The lowest BCUT2D eigenvalue weighted by Gasteiger charge is -2.02. The molecule has 14 heavy (non-hydrogen) atoms. The average Bonchev–Trinajstić information content (AvgIpc) is 2.07. The Morgan fingerprint density at radius 3 is 2.57 bits per heavy atom. The highest BCUT2D eigenvalue weighted by atomic mass is 16.4. The summed E-state index contributed by atoms with van der Waals surface area (Å²) in [6, 6.07) is 1.06. The van der Waals surface area contributed by atoms with Crippen molar-refractivity contribution < 1.29 is 9.52 Å². The van der Waals surface area contributed by atoms with E-state index in [9.17, 15) is 9.90 Å². The highest BCUT2D eigenvalue weighted by molar-refractivity contribution is 5.68. The highest BCUT2D eigenvalue weighted by Crippen LogP contribution is 2.22. The van der Waals surface area contributed by atoms with E-state index in [0.29, 0.717) is 11.3 Å². The molecule has 1 aliphatic rings. The van der Waals surface area contributed by atoms with Gasteiger partial charge < -0.3 is 9.52 Å². The van der Waals surface area contributed by atoms with Gasteiger partial charge in [0, 0.05) is 0 Å². The SMILES string of the molecule is O=c1cc(O)c2c(o1)C=CC=CC=C2. The van der Waals surface area contributed by atoms with Crippen molar-refractivity contribution in [2.75, 3.05) is 0 Å². The van der Waals surface area contributed by atoms with Crippen molar-refractivity contribution in [2.45, 2.75) is 0 Å². The Hall–Kier alpha value is -2.03. The van der Waals surface area contributed by atoms with Crippen molar-refractivity contribution in [1.29, 1.82) is 0 Å².